The maximum atomic E-state index is 11.6. The molecular formula is C11H19ClN4O2S. The summed E-state index contributed by atoms with van der Waals surface area (Å²) in [4.78, 5) is 8.04. The summed E-state index contributed by atoms with van der Waals surface area (Å²) < 4.78 is 24.5. The van der Waals surface area contributed by atoms with E-state index in [-0.39, 0.29) is 18.2 Å². The van der Waals surface area contributed by atoms with E-state index in [2.05, 4.69) is 15.3 Å². The highest BCUT2D eigenvalue weighted by atomic mass is 35.5. The van der Waals surface area contributed by atoms with Crippen LogP contribution in [0.3, 0.4) is 0 Å². The Morgan fingerprint density at radius 2 is 2.00 bits per heavy atom. The van der Waals surface area contributed by atoms with Gasteiger partial charge < -0.3 is 5.32 Å². The standard InChI is InChI=1S/C11H19ClN4O2S/c1-8(2)9-10(12)14-7-15-11(9)13-5-6-19(17,18)16(3)4/h7-8H,5-6H2,1-4H3,(H,13,14,15). The number of aromatic nitrogens is 2. The zero-order chi connectivity index (χ0) is 14.6. The van der Waals surface area contributed by atoms with E-state index in [1.54, 1.807) is 0 Å². The fourth-order valence-corrected chi connectivity index (χ4v) is 2.58. The van der Waals surface area contributed by atoms with Crippen molar-refractivity contribution in [3.8, 4) is 0 Å². The van der Waals surface area contributed by atoms with Gasteiger partial charge in [0.2, 0.25) is 10.0 Å². The average Bonchev–Trinajstić information content (AvgIpc) is 2.27. The molecule has 0 saturated heterocycles. The molecule has 0 radical (unpaired) electrons. The maximum Gasteiger partial charge on any atom is 0.215 e. The number of hydrogen-bond donors (Lipinski definition) is 1. The van der Waals surface area contributed by atoms with Gasteiger partial charge in [-0.1, -0.05) is 25.4 Å². The molecule has 0 aromatic carbocycles. The number of hydrogen-bond acceptors (Lipinski definition) is 5. The smallest absolute Gasteiger partial charge is 0.215 e. The van der Waals surface area contributed by atoms with Gasteiger partial charge >= 0.3 is 0 Å². The number of sulfonamides is 1. The van der Waals surface area contributed by atoms with Gasteiger partial charge in [0, 0.05) is 26.2 Å². The number of halogens is 1. The Hall–Kier alpha value is -0.920. The SMILES string of the molecule is CC(C)c1c(Cl)ncnc1NCCS(=O)(=O)N(C)C. The van der Waals surface area contributed by atoms with Gasteiger partial charge in [-0.2, -0.15) is 0 Å². The normalized spacial score (nSPS) is 12.2. The molecule has 0 unspecified atom stereocenters. The van der Waals surface area contributed by atoms with E-state index in [0.717, 1.165) is 5.56 Å². The summed E-state index contributed by atoms with van der Waals surface area (Å²) in [5.74, 6) is 0.740. The Morgan fingerprint density at radius 3 is 2.53 bits per heavy atom. The second kappa shape index (κ2) is 6.49. The fourth-order valence-electron chi connectivity index (χ4n) is 1.51. The number of nitrogens with one attached hydrogen (secondary N) is 1. The zero-order valence-electron chi connectivity index (χ0n) is 11.5. The molecule has 0 bridgehead atoms. The predicted molar refractivity (Wildman–Crippen MR) is 77.1 cm³/mol. The summed E-state index contributed by atoms with van der Waals surface area (Å²) in [7, 11) is -0.196. The summed E-state index contributed by atoms with van der Waals surface area (Å²) >= 11 is 6.03. The van der Waals surface area contributed by atoms with E-state index in [4.69, 9.17) is 11.6 Å². The molecule has 0 spiro atoms. The molecule has 8 heteroatoms. The molecule has 108 valence electrons. The summed E-state index contributed by atoms with van der Waals surface area (Å²) in [6.45, 7) is 4.23. The summed E-state index contributed by atoms with van der Waals surface area (Å²) in [6, 6.07) is 0. The van der Waals surface area contributed by atoms with Gasteiger partial charge in [0.15, 0.2) is 0 Å². The van der Waals surface area contributed by atoms with Gasteiger partial charge in [0.25, 0.3) is 0 Å². The quantitative estimate of drug-likeness (QED) is 0.807. The van der Waals surface area contributed by atoms with Crippen LogP contribution in [-0.2, 0) is 10.0 Å². The first-order chi connectivity index (χ1) is 8.75. The third-order valence-corrected chi connectivity index (χ3v) is 4.76. The van der Waals surface area contributed by atoms with Crippen LogP contribution in [0, 0.1) is 0 Å². The van der Waals surface area contributed by atoms with Crippen LogP contribution in [0.2, 0.25) is 5.15 Å². The minimum Gasteiger partial charge on any atom is -0.369 e. The topological polar surface area (TPSA) is 75.2 Å². The van der Waals surface area contributed by atoms with E-state index < -0.39 is 10.0 Å². The van der Waals surface area contributed by atoms with Crippen LogP contribution in [0.1, 0.15) is 25.3 Å². The largest absolute Gasteiger partial charge is 0.369 e. The van der Waals surface area contributed by atoms with Crippen LogP contribution in [0.5, 0.6) is 0 Å². The molecule has 1 aromatic heterocycles. The van der Waals surface area contributed by atoms with E-state index in [1.165, 1.54) is 24.7 Å². The molecule has 0 atom stereocenters. The van der Waals surface area contributed by atoms with E-state index in [1.807, 2.05) is 13.8 Å². The van der Waals surface area contributed by atoms with Crippen molar-refractivity contribution in [1.82, 2.24) is 14.3 Å². The molecule has 0 amide bonds. The van der Waals surface area contributed by atoms with Crippen LogP contribution in [-0.4, -0.2) is 49.1 Å². The van der Waals surface area contributed by atoms with Crippen molar-refractivity contribution in [2.75, 3.05) is 31.7 Å². The Kier molecular flexibility index (Phi) is 5.51. The van der Waals surface area contributed by atoms with E-state index >= 15 is 0 Å². The Morgan fingerprint density at radius 1 is 1.37 bits per heavy atom. The Balaban J connectivity index is 2.77. The van der Waals surface area contributed by atoms with Crippen molar-refractivity contribution in [1.29, 1.82) is 0 Å². The monoisotopic (exact) mass is 306 g/mol. The van der Waals surface area contributed by atoms with E-state index in [9.17, 15) is 8.42 Å². The third kappa shape index (κ3) is 4.29. The van der Waals surface area contributed by atoms with E-state index in [0.29, 0.717) is 11.0 Å². The lowest BCUT2D eigenvalue weighted by atomic mass is 10.1. The van der Waals surface area contributed by atoms with Crippen LogP contribution in [0.15, 0.2) is 6.33 Å². The third-order valence-electron chi connectivity index (χ3n) is 2.62. The van der Waals surface area contributed by atoms with Gasteiger partial charge in [-0.05, 0) is 5.92 Å². The van der Waals surface area contributed by atoms with Crippen molar-refractivity contribution < 1.29 is 8.42 Å². The van der Waals surface area contributed by atoms with Crippen molar-refractivity contribution in [3.63, 3.8) is 0 Å². The molecule has 0 aliphatic rings. The molecular weight excluding hydrogens is 288 g/mol. The summed E-state index contributed by atoms with van der Waals surface area (Å²) in [6.07, 6.45) is 1.36. The lowest BCUT2D eigenvalue weighted by Crippen LogP contribution is -2.28. The summed E-state index contributed by atoms with van der Waals surface area (Å²) in [5.41, 5.74) is 0.798. The minimum atomic E-state index is -3.22. The average molecular weight is 307 g/mol. The van der Waals surface area contributed by atoms with Crippen molar-refractivity contribution in [2.24, 2.45) is 0 Å². The first-order valence-corrected chi connectivity index (χ1v) is 7.89. The highest BCUT2D eigenvalue weighted by Gasteiger charge is 2.16. The Bertz CT molecular complexity index is 531. The van der Waals surface area contributed by atoms with Crippen LogP contribution in [0.4, 0.5) is 5.82 Å². The van der Waals surface area contributed by atoms with Gasteiger partial charge in [0.05, 0.1) is 5.75 Å². The van der Waals surface area contributed by atoms with Gasteiger partial charge in [-0.3, -0.25) is 0 Å². The van der Waals surface area contributed by atoms with Crippen molar-refractivity contribution in [3.05, 3.63) is 17.0 Å². The number of anilines is 1. The molecule has 0 saturated carbocycles. The van der Waals surface area contributed by atoms with Gasteiger partial charge in [-0.15, -0.1) is 0 Å². The molecule has 6 nitrogen and oxygen atoms in total. The lowest BCUT2D eigenvalue weighted by molar-refractivity contribution is 0.521. The van der Waals surface area contributed by atoms with Crippen molar-refractivity contribution in [2.45, 2.75) is 19.8 Å². The molecule has 1 aromatic rings. The van der Waals surface area contributed by atoms with Crippen molar-refractivity contribution >= 4 is 27.4 Å². The number of rotatable bonds is 6. The minimum absolute atomic E-state index is 0.000836. The highest BCUT2D eigenvalue weighted by Crippen LogP contribution is 2.27. The molecule has 0 aliphatic carbocycles. The molecule has 1 N–H and O–H groups in total. The molecule has 0 aliphatic heterocycles. The fraction of sp³-hybridized carbons (Fsp3) is 0.636. The first-order valence-electron chi connectivity index (χ1n) is 5.90. The molecule has 1 heterocycles. The predicted octanol–water partition coefficient (Wildman–Crippen LogP) is 1.56. The van der Waals surface area contributed by atoms with Crippen LogP contribution >= 0.6 is 11.6 Å². The highest BCUT2D eigenvalue weighted by molar-refractivity contribution is 7.89. The molecule has 0 fully saturated rings. The summed E-state index contributed by atoms with van der Waals surface area (Å²) in [5, 5.41) is 3.40. The second-order valence-corrected chi connectivity index (χ2v) is 7.27. The zero-order valence-corrected chi connectivity index (χ0v) is 13.1. The molecule has 19 heavy (non-hydrogen) atoms. The second-order valence-electron chi connectivity index (χ2n) is 4.61. The van der Waals surface area contributed by atoms with Crippen LogP contribution < -0.4 is 5.32 Å². The first kappa shape index (κ1) is 16.1. The Labute approximate surface area is 119 Å². The molecule has 1 rings (SSSR count). The van der Waals surface area contributed by atoms with Gasteiger partial charge in [-0.25, -0.2) is 22.7 Å². The van der Waals surface area contributed by atoms with Gasteiger partial charge in [0.1, 0.15) is 17.3 Å². The number of nitrogens with zero attached hydrogens (tertiary/aromatic N) is 3. The lowest BCUT2D eigenvalue weighted by Gasteiger charge is -2.15. The van der Waals surface area contributed by atoms with Crippen LogP contribution in [0.25, 0.3) is 0 Å². The maximum absolute atomic E-state index is 11.6.